The van der Waals surface area contributed by atoms with E-state index in [1.165, 1.54) is 48.4 Å². The number of carbonyl (C=O) groups excluding carboxylic acids is 2. The Labute approximate surface area is 140 Å². The zero-order valence-corrected chi connectivity index (χ0v) is 14.1. The Bertz CT molecular complexity index is 744. The van der Waals surface area contributed by atoms with Crippen molar-refractivity contribution in [2.45, 2.75) is 12.5 Å². The van der Waals surface area contributed by atoms with E-state index < -0.39 is 15.7 Å². The lowest BCUT2D eigenvalue weighted by Gasteiger charge is -2.23. The van der Waals surface area contributed by atoms with Crippen LogP contribution in [0.25, 0.3) is 6.08 Å². The molecular formula is C16H19FN2O4S. The van der Waals surface area contributed by atoms with Crippen molar-refractivity contribution in [2.75, 3.05) is 25.1 Å². The fourth-order valence-electron chi connectivity index (χ4n) is 2.38. The number of hydrogen-bond acceptors (Lipinski definition) is 4. The molecule has 1 saturated heterocycles. The van der Waals surface area contributed by atoms with Crippen LogP contribution in [-0.4, -0.2) is 56.3 Å². The van der Waals surface area contributed by atoms with Gasteiger partial charge < -0.3 is 10.2 Å². The molecule has 1 unspecified atom stereocenters. The highest BCUT2D eigenvalue weighted by Crippen LogP contribution is 2.16. The molecule has 1 aromatic rings. The lowest BCUT2D eigenvalue weighted by molar-refractivity contribution is -0.132. The van der Waals surface area contributed by atoms with Crippen LogP contribution in [0.4, 0.5) is 4.39 Å². The molecule has 8 heteroatoms. The van der Waals surface area contributed by atoms with Gasteiger partial charge in [0.05, 0.1) is 18.1 Å². The fraction of sp³-hybridized carbons (Fsp3) is 0.375. The average molecular weight is 354 g/mol. The van der Waals surface area contributed by atoms with E-state index in [0.717, 1.165) is 0 Å². The van der Waals surface area contributed by atoms with Crippen LogP contribution in [0, 0.1) is 5.82 Å². The van der Waals surface area contributed by atoms with Crippen molar-refractivity contribution < 1.29 is 22.4 Å². The molecule has 1 fully saturated rings. The van der Waals surface area contributed by atoms with Gasteiger partial charge in [-0.15, -0.1) is 0 Å². The largest absolute Gasteiger partial charge is 0.343 e. The van der Waals surface area contributed by atoms with Crippen LogP contribution in [0.2, 0.25) is 0 Å². The molecular weight excluding hydrogens is 335 g/mol. The van der Waals surface area contributed by atoms with Crippen molar-refractivity contribution in [3.63, 3.8) is 0 Å². The molecule has 0 bridgehead atoms. The maximum Gasteiger partial charge on any atom is 0.244 e. The summed E-state index contributed by atoms with van der Waals surface area (Å²) in [7, 11) is -1.53. The second-order valence-electron chi connectivity index (χ2n) is 5.66. The maximum absolute atomic E-state index is 12.8. The number of carbonyl (C=O) groups is 2. The topological polar surface area (TPSA) is 83.6 Å². The van der Waals surface area contributed by atoms with E-state index in [2.05, 4.69) is 5.32 Å². The minimum absolute atomic E-state index is 0.0341. The Morgan fingerprint density at radius 2 is 2.00 bits per heavy atom. The second-order valence-corrected chi connectivity index (χ2v) is 7.89. The number of halogens is 1. The molecule has 2 amide bonds. The summed E-state index contributed by atoms with van der Waals surface area (Å²) < 4.78 is 35.6. The number of nitrogens with one attached hydrogen (secondary N) is 1. The number of benzene rings is 1. The molecule has 1 N–H and O–H groups in total. The van der Waals surface area contributed by atoms with E-state index in [4.69, 9.17) is 0 Å². The molecule has 0 saturated carbocycles. The lowest BCUT2D eigenvalue weighted by atomic mass is 10.2. The van der Waals surface area contributed by atoms with Crippen molar-refractivity contribution in [3.8, 4) is 0 Å². The van der Waals surface area contributed by atoms with Crippen LogP contribution in [0.3, 0.4) is 0 Å². The normalized spacial score (nSPS) is 19.3. The van der Waals surface area contributed by atoms with Crippen LogP contribution >= 0.6 is 0 Å². The lowest BCUT2D eigenvalue weighted by Crippen LogP contribution is -2.43. The number of nitrogens with zero attached hydrogens (tertiary/aromatic N) is 1. The van der Waals surface area contributed by atoms with Crippen molar-refractivity contribution in [3.05, 3.63) is 41.7 Å². The number of sulfone groups is 1. The van der Waals surface area contributed by atoms with Gasteiger partial charge in [0.25, 0.3) is 0 Å². The highest BCUT2D eigenvalue weighted by atomic mass is 32.2. The van der Waals surface area contributed by atoms with Gasteiger partial charge in [0.1, 0.15) is 5.82 Å². The van der Waals surface area contributed by atoms with Gasteiger partial charge in [-0.25, -0.2) is 12.8 Å². The quantitative estimate of drug-likeness (QED) is 0.785. The SMILES string of the molecule is CN(C(=O)CNC(=O)/C=C/c1ccc(F)cc1)C1CCS(=O)(=O)C1. The van der Waals surface area contributed by atoms with Gasteiger partial charge in [-0.1, -0.05) is 12.1 Å². The highest BCUT2D eigenvalue weighted by molar-refractivity contribution is 7.91. The molecule has 0 aromatic heterocycles. The maximum atomic E-state index is 12.8. The molecule has 1 aromatic carbocycles. The standard InChI is InChI=1S/C16H19FN2O4S/c1-19(14-8-9-24(22,23)11-14)16(21)10-18-15(20)7-4-12-2-5-13(17)6-3-12/h2-7,14H,8-11H2,1H3,(H,18,20)/b7-4+. The highest BCUT2D eigenvalue weighted by Gasteiger charge is 2.32. The summed E-state index contributed by atoms with van der Waals surface area (Å²) in [6.45, 7) is -0.209. The zero-order valence-electron chi connectivity index (χ0n) is 13.2. The van der Waals surface area contributed by atoms with Crippen molar-refractivity contribution >= 4 is 27.7 Å². The van der Waals surface area contributed by atoms with Gasteiger partial charge in [0.15, 0.2) is 9.84 Å². The van der Waals surface area contributed by atoms with Gasteiger partial charge in [0.2, 0.25) is 11.8 Å². The third-order valence-corrected chi connectivity index (χ3v) is 5.61. The molecule has 1 atom stereocenters. The molecule has 6 nitrogen and oxygen atoms in total. The predicted octanol–water partition coefficient (Wildman–Crippen LogP) is 0.601. The van der Waals surface area contributed by atoms with Crippen LogP contribution < -0.4 is 5.32 Å². The molecule has 2 rings (SSSR count). The smallest absolute Gasteiger partial charge is 0.244 e. The first-order valence-corrected chi connectivity index (χ1v) is 9.26. The Hall–Kier alpha value is -2.22. The summed E-state index contributed by atoms with van der Waals surface area (Å²) in [5.41, 5.74) is 0.658. The monoisotopic (exact) mass is 354 g/mol. The van der Waals surface area contributed by atoms with Gasteiger partial charge in [0, 0.05) is 19.2 Å². The molecule has 1 aliphatic rings. The first-order valence-electron chi connectivity index (χ1n) is 7.44. The average Bonchev–Trinajstić information content (AvgIpc) is 2.91. The fourth-order valence-corrected chi connectivity index (χ4v) is 4.15. The Morgan fingerprint density at radius 1 is 1.33 bits per heavy atom. The van der Waals surface area contributed by atoms with Crippen LogP contribution in [0.15, 0.2) is 30.3 Å². The van der Waals surface area contributed by atoms with Crippen LogP contribution in [-0.2, 0) is 19.4 Å². The molecule has 0 aliphatic carbocycles. The number of amides is 2. The van der Waals surface area contributed by atoms with E-state index in [9.17, 15) is 22.4 Å². The zero-order chi connectivity index (χ0) is 17.7. The predicted molar refractivity (Wildman–Crippen MR) is 88.3 cm³/mol. The summed E-state index contributed by atoms with van der Waals surface area (Å²) in [5, 5.41) is 2.45. The number of hydrogen-bond donors (Lipinski definition) is 1. The second kappa shape index (κ2) is 7.57. The molecule has 1 aliphatic heterocycles. The minimum Gasteiger partial charge on any atom is -0.343 e. The van der Waals surface area contributed by atoms with Crippen LogP contribution in [0.1, 0.15) is 12.0 Å². The Balaban J connectivity index is 1.80. The Kier molecular flexibility index (Phi) is 5.71. The third-order valence-electron chi connectivity index (χ3n) is 3.86. The Morgan fingerprint density at radius 3 is 2.58 bits per heavy atom. The molecule has 0 spiro atoms. The van der Waals surface area contributed by atoms with Gasteiger partial charge in [-0.05, 0) is 30.2 Å². The van der Waals surface area contributed by atoms with E-state index in [-0.39, 0.29) is 35.8 Å². The molecule has 24 heavy (non-hydrogen) atoms. The van der Waals surface area contributed by atoms with E-state index in [0.29, 0.717) is 12.0 Å². The first kappa shape index (κ1) is 18.1. The molecule has 1 heterocycles. The van der Waals surface area contributed by atoms with Crippen molar-refractivity contribution in [2.24, 2.45) is 0 Å². The van der Waals surface area contributed by atoms with Gasteiger partial charge >= 0.3 is 0 Å². The molecule has 0 radical (unpaired) electrons. The summed E-state index contributed by atoms with van der Waals surface area (Å²) in [4.78, 5) is 25.1. The minimum atomic E-state index is -3.07. The van der Waals surface area contributed by atoms with Gasteiger partial charge in [-0.2, -0.15) is 0 Å². The van der Waals surface area contributed by atoms with Crippen LogP contribution in [0.5, 0.6) is 0 Å². The van der Waals surface area contributed by atoms with Crippen molar-refractivity contribution in [1.29, 1.82) is 0 Å². The first-order chi connectivity index (χ1) is 11.3. The summed E-state index contributed by atoms with van der Waals surface area (Å²) >= 11 is 0. The number of likely N-dealkylation sites (N-methyl/N-ethyl adjacent to an activating group) is 1. The number of rotatable bonds is 5. The summed E-state index contributed by atoms with van der Waals surface area (Å²) in [6, 6.07) is 5.28. The van der Waals surface area contributed by atoms with Gasteiger partial charge in [-0.3, -0.25) is 9.59 Å². The van der Waals surface area contributed by atoms with E-state index in [1.54, 1.807) is 0 Å². The summed E-state index contributed by atoms with van der Waals surface area (Å²) in [5.74, 6) is -1.12. The summed E-state index contributed by atoms with van der Waals surface area (Å²) in [6.07, 6.45) is 3.18. The van der Waals surface area contributed by atoms with E-state index in [1.807, 2.05) is 0 Å². The third kappa shape index (κ3) is 5.16. The molecule has 130 valence electrons. The van der Waals surface area contributed by atoms with E-state index >= 15 is 0 Å². The van der Waals surface area contributed by atoms with Crippen molar-refractivity contribution in [1.82, 2.24) is 10.2 Å².